The molecule has 0 aliphatic heterocycles. The first-order valence-corrected chi connectivity index (χ1v) is 7.81. The van der Waals surface area contributed by atoms with Gasteiger partial charge in [0.2, 0.25) is 0 Å². The van der Waals surface area contributed by atoms with Crippen LogP contribution in [0, 0.1) is 0 Å². The van der Waals surface area contributed by atoms with Crippen molar-refractivity contribution in [2.24, 2.45) is 5.73 Å². The third-order valence-corrected chi connectivity index (χ3v) is 3.81. The smallest absolute Gasteiger partial charge is 0.271 e. The van der Waals surface area contributed by atoms with Crippen molar-refractivity contribution < 1.29 is 9.59 Å². The van der Waals surface area contributed by atoms with Crippen molar-refractivity contribution in [3.63, 3.8) is 0 Å². The number of benzene rings is 1. The number of carbonyl (C=O) groups is 2. The second-order valence-electron chi connectivity index (χ2n) is 4.57. The summed E-state index contributed by atoms with van der Waals surface area (Å²) >= 11 is 1.36. The molecule has 116 valence electrons. The lowest BCUT2D eigenvalue weighted by molar-refractivity contribution is 0.0943. The van der Waals surface area contributed by atoms with E-state index in [1.165, 1.54) is 11.3 Å². The van der Waals surface area contributed by atoms with Crippen LogP contribution in [0.1, 0.15) is 38.3 Å². The van der Waals surface area contributed by atoms with E-state index in [1.54, 1.807) is 23.6 Å². The van der Waals surface area contributed by atoms with Gasteiger partial charge >= 0.3 is 0 Å². The summed E-state index contributed by atoms with van der Waals surface area (Å²) < 4.78 is 0. The highest BCUT2D eigenvalue weighted by Crippen LogP contribution is 2.09. The normalized spacial score (nSPS) is 10.3. The number of nitrogens with zero attached hydrogens (tertiary/aromatic N) is 1. The average molecular weight is 318 g/mol. The van der Waals surface area contributed by atoms with E-state index in [2.05, 4.69) is 15.6 Å². The number of rotatable bonds is 6. The third kappa shape index (κ3) is 4.12. The minimum absolute atomic E-state index is 0.122. The summed E-state index contributed by atoms with van der Waals surface area (Å²) in [5.41, 5.74) is 7.27. The number of hydrogen-bond donors (Lipinski definition) is 3. The predicted molar refractivity (Wildman–Crippen MR) is 85.6 cm³/mol. The van der Waals surface area contributed by atoms with Gasteiger partial charge in [0.05, 0.1) is 0 Å². The van der Waals surface area contributed by atoms with Gasteiger partial charge in [-0.2, -0.15) is 0 Å². The number of amides is 2. The largest absolute Gasteiger partial charge is 0.352 e. The number of carbonyl (C=O) groups excluding carboxylic acids is 2. The predicted octanol–water partition coefficient (Wildman–Crippen LogP) is 1.28. The lowest BCUT2D eigenvalue weighted by Crippen LogP contribution is -2.24. The van der Waals surface area contributed by atoms with Gasteiger partial charge in [0.15, 0.2) is 0 Å². The maximum Gasteiger partial charge on any atom is 0.271 e. The molecule has 0 fully saturated rings. The fraction of sp³-hybridized carbons (Fsp3) is 0.267. The summed E-state index contributed by atoms with van der Waals surface area (Å²) in [6.07, 6.45) is 0. The zero-order chi connectivity index (χ0) is 15.9. The Morgan fingerprint density at radius 3 is 2.77 bits per heavy atom. The van der Waals surface area contributed by atoms with E-state index in [0.29, 0.717) is 30.9 Å². The molecule has 0 atom stereocenters. The van der Waals surface area contributed by atoms with Crippen molar-refractivity contribution in [2.75, 3.05) is 6.54 Å². The Morgan fingerprint density at radius 2 is 2.09 bits per heavy atom. The van der Waals surface area contributed by atoms with Crippen LogP contribution in [0.25, 0.3) is 0 Å². The van der Waals surface area contributed by atoms with E-state index in [1.807, 2.05) is 13.0 Å². The summed E-state index contributed by atoms with van der Waals surface area (Å²) in [6.45, 7) is 3.10. The van der Waals surface area contributed by atoms with Crippen LogP contribution in [0.3, 0.4) is 0 Å². The zero-order valence-corrected chi connectivity index (χ0v) is 13.1. The zero-order valence-electron chi connectivity index (χ0n) is 12.3. The first-order chi connectivity index (χ1) is 10.6. The van der Waals surface area contributed by atoms with E-state index in [4.69, 9.17) is 5.73 Å². The molecule has 0 unspecified atom stereocenters. The maximum atomic E-state index is 12.0. The summed E-state index contributed by atoms with van der Waals surface area (Å²) in [6, 6.07) is 7.15. The second-order valence-corrected chi connectivity index (χ2v) is 5.52. The van der Waals surface area contributed by atoms with Crippen LogP contribution in [-0.4, -0.2) is 23.3 Å². The molecule has 22 heavy (non-hydrogen) atoms. The SMILES string of the molecule is CCNC(=O)c1cccc(CNC(=O)c2csc(CN)n2)c1. The van der Waals surface area contributed by atoms with Crippen molar-refractivity contribution in [3.05, 3.63) is 51.5 Å². The molecule has 0 bridgehead atoms. The molecule has 0 spiro atoms. The molecule has 0 saturated carbocycles. The Morgan fingerprint density at radius 1 is 1.27 bits per heavy atom. The number of thiazole rings is 1. The van der Waals surface area contributed by atoms with Crippen LogP contribution in [0.2, 0.25) is 0 Å². The molecule has 7 heteroatoms. The van der Waals surface area contributed by atoms with E-state index in [-0.39, 0.29) is 11.8 Å². The first kappa shape index (κ1) is 16.1. The van der Waals surface area contributed by atoms with E-state index in [9.17, 15) is 9.59 Å². The van der Waals surface area contributed by atoms with Crippen molar-refractivity contribution in [2.45, 2.75) is 20.0 Å². The standard InChI is InChI=1S/C15H18N4O2S/c1-2-17-14(20)11-5-3-4-10(6-11)8-18-15(21)12-9-22-13(7-16)19-12/h3-6,9H,2,7-8,16H2,1H3,(H,17,20)(H,18,21). The van der Waals surface area contributed by atoms with Crippen molar-refractivity contribution >= 4 is 23.2 Å². The van der Waals surface area contributed by atoms with Crippen LogP contribution in [0.15, 0.2) is 29.6 Å². The molecule has 0 radical (unpaired) electrons. The molecule has 6 nitrogen and oxygen atoms in total. The second kappa shape index (κ2) is 7.67. The lowest BCUT2D eigenvalue weighted by Gasteiger charge is -2.06. The fourth-order valence-electron chi connectivity index (χ4n) is 1.87. The Kier molecular flexibility index (Phi) is 5.62. The molecule has 0 saturated heterocycles. The minimum Gasteiger partial charge on any atom is -0.352 e. The van der Waals surface area contributed by atoms with Crippen molar-refractivity contribution in [1.29, 1.82) is 0 Å². The summed E-state index contributed by atoms with van der Waals surface area (Å²) in [5, 5.41) is 7.93. The van der Waals surface area contributed by atoms with Gasteiger partial charge in [-0.3, -0.25) is 9.59 Å². The highest BCUT2D eigenvalue weighted by molar-refractivity contribution is 7.09. The van der Waals surface area contributed by atoms with Crippen molar-refractivity contribution in [1.82, 2.24) is 15.6 Å². The molecule has 4 N–H and O–H groups in total. The molecule has 1 aromatic heterocycles. The summed E-state index contributed by atoms with van der Waals surface area (Å²) in [4.78, 5) is 27.9. The number of hydrogen-bond acceptors (Lipinski definition) is 5. The van der Waals surface area contributed by atoms with Gasteiger partial charge in [-0.15, -0.1) is 11.3 Å². The molecular formula is C15H18N4O2S. The van der Waals surface area contributed by atoms with Crippen molar-refractivity contribution in [3.8, 4) is 0 Å². The summed E-state index contributed by atoms with van der Waals surface area (Å²) in [7, 11) is 0. The molecule has 0 aliphatic rings. The average Bonchev–Trinajstić information content (AvgIpc) is 3.02. The first-order valence-electron chi connectivity index (χ1n) is 6.93. The van der Waals surface area contributed by atoms with E-state index in [0.717, 1.165) is 10.6 Å². The van der Waals surface area contributed by atoms with Crippen LogP contribution in [0.5, 0.6) is 0 Å². The topological polar surface area (TPSA) is 97.1 Å². The Bertz CT molecular complexity index is 669. The van der Waals surface area contributed by atoms with Gasteiger partial charge in [-0.05, 0) is 24.6 Å². The number of nitrogens with two attached hydrogens (primary N) is 1. The summed E-state index contributed by atoms with van der Waals surface area (Å²) in [5.74, 6) is -0.373. The Hall–Kier alpha value is -2.25. The fourth-order valence-corrected chi connectivity index (χ4v) is 2.52. The van der Waals surface area contributed by atoms with Gasteiger partial charge in [0.25, 0.3) is 11.8 Å². The Balaban J connectivity index is 1.97. The number of aromatic nitrogens is 1. The van der Waals surface area contributed by atoms with E-state index < -0.39 is 0 Å². The minimum atomic E-state index is -0.251. The molecule has 0 aliphatic carbocycles. The quantitative estimate of drug-likeness (QED) is 0.747. The highest BCUT2D eigenvalue weighted by atomic mass is 32.1. The third-order valence-electron chi connectivity index (χ3n) is 2.94. The maximum absolute atomic E-state index is 12.0. The molecule has 1 aromatic carbocycles. The molecular weight excluding hydrogens is 300 g/mol. The van der Waals surface area contributed by atoms with Crippen LogP contribution in [-0.2, 0) is 13.1 Å². The molecule has 2 aromatic rings. The van der Waals surface area contributed by atoms with Gasteiger partial charge in [0, 0.05) is 30.6 Å². The van der Waals surface area contributed by atoms with Crippen LogP contribution in [0.4, 0.5) is 0 Å². The highest BCUT2D eigenvalue weighted by Gasteiger charge is 2.10. The molecule has 2 rings (SSSR count). The van der Waals surface area contributed by atoms with Gasteiger partial charge < -0.3 is 16.4 Å². The lowest BCUT2D eigenvalue weighted by atomic mass is 10.1. The molecule has 2 amide bonds. The number of nitrogens with one attached hydrogen (secondary N) is 2. The van der Waals surface area contributed by atoms with Crippen LogP contribution >= 0.6 is 11.3 Å². The van der Waals surface area contributed by atoms with Gasteiger partial charge in [-0.1, -0.05) is 12.1 Å². The van der Waals surface area contributed by atoms with Gasteiger partial charge in [0.1, 0.15) is 10.7 Å². The van der Waals surface area contributed by atoms with Gasteiger partial charge in [-0.25, -0.2) is 4.98 Å². The monoisotopic (exact) mass is 318 g/mol. The Labute approximate surface area is 132 Å². The molecule has 1 heterocycles. The van der Waals surface area contributed by atoms with E-state index >= 15 is 0 Å². The van der Waals surface area contributed by atoms with Crippen LogP contribution < -0.4 is 16.4 Å².